The van der Waals surface area contributed by atoms with E-state index in [-0.39, 0.29) is 35.7 Å². The maximum atomic E-state index is 13.7. The molecule has 0 saturated heterocycles. The number of carbonyl (C=O) groups is 1. The van der Waals surface area contributed by atoms with Gasteiger partial charge in [-0.3, -0.25) is 9.48 Å². The van der Waals surface area contributed by atoms with E-state index < -0.39 is 34.0 Å². The summed E-state index contributed by atoms with van der Waals surface area (Å²) in [6, 6.07) is 7.46. The molecule has 1 aromatic carbocycles. The number of methoxy groups -OCH3 is 1. The highest BCUT2D eigenvalue weighted by atomic mass is 32.2. The number of rotatable bonds is 8. The third kappa shape index (κ3) is 5.76. The zero-order valence-electron chi connectivity index (χ0n) is 17.3. The quantitative estimate of drug-likeness (QED) is 0.621. The molecule has 31 heavy (non-hydrogen) atoms. The van der Waals surface area contributed by atoms with Crippen LogP contribution in [0, 0.1) is 5.92 Å². The van der Waals surface area contributed by atoms with E-state index in [2.05, 4.69) is 10.4 Å². The molecule has 3 rings (SSSR count). The van der Waals surface area contributed by atoms with Crippen molar-refractivity contribution in [3.8, 4) is 0 Å². The summed E-state index contributed by atoms with van der Waals surface area (Å²) in [5.74, 6) is -0.773. The van der Waals surface area contributed by atoms with Gasteiger partial charge in [0.25, 0.3) is 5.91 Å². The van der Waals surface area contributed by atoms with Gasteiger partial charge in [0.15, 0.2) is 15.7 Å². The van der Waals surface area contributed by atoms with Gasteiger partial charge in [-0.2, -0.15) is 5.10 Å². The molecule has 0 spiro atoms. The molecule has 1 saturated carbocycles. The average molecular weight is 454 g/mol. The van der Waals surface area contributed by atoms with Crippen molar-refractivity contribution in [1.29, 1.82) is 0 Å². The van der Waals surface area contributed by atoms with E-state index in [4.69, 9.17) is 4.74 Å². The second kappa shape index (κ2) is 9.69. The third-order valence-electron chi connectivity index (χ3n) is 5.13. The Hall–Kier alpha value is -2.59. The summed E-state index contributed by atoms with van der Waals surface area (Å²) >= 11 is 0. The lowest BCUT2D eigenvalue weighted by Crippen LogP contribution is -2.16. The zero-order chi connectivity index (χ0) is 22.6. The second-order valence-electron chi connectivity index (χ2n) is 7.51. The van der Waals surface area contributed by atoms with E-state index in [0.29, 0.717) is 11.4 Å². The Morgan fingerprint density at radius 1 is 1.23 bits per heavy atom. The van der Waals surface area contributed by atoms with Crippen LogP contribution in [0.15, 0.2) is 47.5 Å². The Labute approximate surface area is 180 Å². The van der Waals surface area contributed by atoms with E-state index in [1.807, 2.05) is 0 Å². The van der Waals surface area contributed by atoms with Gasteiger partial charge in [-0.15, -0.1) is 0 Å². The Morgan fingerprint density at radius 2 is 1.87 bits per heavy atom. The lowest BCUT2D eigenvalue weighted by Gasteiger charge is -2.12. The van der Waals surface area contributed by atoms with Gasteiger partial charge < -0.3 is 10.1 Å². The molecule has 1 N–H and O–H groups in total. The number of carbonyl (C=O) groups excluding carboxylic acids is 1. The minimum Gasteiger partial charge on any atom is -0.384 e. The number of sulfone groups is 1. The van der Waals surface area contributed by atoms with Gasteiger partial charge in [0.2, 0.25) is 0 Å². The lowest BCUT2D eigenvalue weighted by molar-refractivity contribution is -0.111. The van der Waals surface area contributed by atoms with Gasteiger partial charge in [-0.1, -0.05) is 18.2 Å². The van der Waals surface area contributed by atoms with Crippen molar-refractivity contribution in [2.24, 2.45) is 13.0 Å². The molecule has 7 nitrogen and oxygen atoms in total. The number of hydrogen-bond donors (Lipinski definition) is 1. The zero-order valence-corrected chi connectivity index (χ0v) is 18.1. The van der Waals surface area contributed by atoms with Crippen LogP contribution in [0.25, 0.3) is 5.57 Å². The molecule has 2 aromatic rings. The second-order valence-corrected chi connectivity index (χ2v) is 9.62. The van der Waals surface area contributed by atoms with Crippen molar-refractivity contribution < 1.29 is 26.7 Å². The minimum absolute atomic E-state index is 0.00891. The molecule has 0 radical (unpaired) electrons. The number of amides is 1. The third-order valence-corrected chi connectivity index (χ3v) is 6.83. The molecule has 10 heteroatoms. The number of ether oxygens (including phenoxy) is 1. The lowest BCUT2D eigenvalue weighted by atomic mass is 9.98. The van der Waals surface area contributed by atoms with Gasteiger partial charge in [-0.25, -0.2) is 17.2 Å². The molecule has 168 valence electrons. The van der Waals surface area contributed by atoms with Crippen LogP contribution in [0.4, 0.5) is 14.6 Å². The summed E-state index contributed by atoms with van der Waals surface area (Å²) in [4.78, 5) is 13.0. The molecule has 1 amide bonds. The van der Waals surface area contributed by atoms with E-state index in [1.54, 1.807) is 25.4 Å². The number of alkyl halides is 2. The minimum atomic E-state index is -3.52. The fraction of sp³-hybridized carbons (Fsp3) is 0.429. The number of hydrogen-bond acceptors (Lipinski definition) is 5. The highest BCUT2D eigenvalue weighted by Gasteiger charge is 2.34. The number of nitrogens with one attached hydrogen (secondary N) is 1. The van der Waals surface area contributed by atoms with Crippen LogP contribution in [-0.4, -0.2) is 55.9 Å². The number of nitrogens with zero attached hydrogens (tertiary/aromatic N) is 2. The molecular weight excluding hydrogens is 428 g/mol. The summed E-state index contributed by atoms with van der Waals surface area (Å²) in [5.41, 5.74) is 0.648. The first kappa shape index (κ1) is 23.1. The fourth-order valence-electron chi connectivity index (χ4n) is 3.46. The summed E-state index contributed by atoms with van der Waals surface area (Å²) in [5, 5.41) is 6.77. The van der Waals surface area contributed by atoms with Crippen LogP contribution < -0.4 is 5.32 Å². The molecule has 1 fully saturated rings. The molecular formula is C21H25F2N3O4S. The topological polar surface area (TPSA) is 90.3 Å². The first-order valence-electron chi connectivity index (χ1n) is 9.82. The van der Waals surface area contributed by atoms with Crippen molar-refractivity contribution in [2.75, 3.05) is 24.8 Å². The summed E-state index contributed by atoms with van der Waals surface area (Å²) in [6.07, 6.45) is 0.0793. The molecule has 1 aliphatic carbocycles. The van der Waals surface area contributed by atoms with Gasteiger partial charge in [-0.05, 0) is 36.5 Å². The number of halogens is 2. The van der Waals surface area contributed by atoms with Gasteiger partial charge in [0.1, 0.15) is 12.3 Å². The molecule has 0 bridgehead atoms. The highest BCUT2D eigenvalue weighted by Crippen LogP contribution is 2.34. The maximum Gasteiger partial charge on any atom is 0.257 e. The smallest absolute Gasteiger partial charge is 0.257 e. The Balaban J connectivity index is 1.89. The van der Waals surface area contributed by atoms with E-state index in [0.717, 1.165) is 0 Å². The molecule has 3 atom stereocenters. The van der Waals surface area contributed by atoms with Crippen molar-refractivity contribution in [2.45, 2.75) is 30.1 Å². The number of allylic oxidation sites excluding steroid dienone is 1. The van der Waals surface area contributed by atoms with Crippen molar-refractivity contribution in [3.63, 3.8) is 0 Å². The first-order chi connectivity index (χ1) is 14.7. The Bertz CT molecular complexity index is 1040. The standard InChI is InChI=1S/C21H25F2N3O4S/c1-26-8-7-20(25-26)24-21(27)17(11-14-12-18(22)19(23)13-14)15-3-5-16(6-4-15)31(28,29)10-9-30-2/h3-8,11,14,18-19H,9-10,12-13H2,1-2H3,(H,24,25,27)/b17-11+/t14-,18+,19-. The van der Waals surface area contributed by atoms with Crippen LogP contribution in [0.2, 0.25) is 0 Å². The first-order valence-corrected chi connectivity index (χ1v) is 11.5. The monoisotopic (exact) mass is 453 g/mol. The van der Waals surface area contributed by atoms with Crippen molar-refractivity contribution in [3.05, 3.63) is 48.2 Å². The largest absolute Gasteiger partial charge is 0.384 e. The van der Waals surface area contributed by atoms with E-state index >= 15 is 0 Å². The Morgan fingerprint density at radius 3 is 2.42 bits per heavy atom. The van der Waals surface area contributed by atoms with Gasteiger partial charge in [0, 0.05) is 32.0 Å². The molecule has 0 unspecified atom stereocenters. The number of benzene rings is 1. The Kier molecular flexibility index (Phi) is 7.22. The number of aryl methyl sites for hydroxylation is 1. The van der Waals surface area contributed by atoms with E-state index in [9.17, 15) is 22.0 Å². The molecule has 1 aliphatic rings. The van der Waals surface area contributed by atoms with Crippen LogP contribution in [-0.2, 0) is 26.4 Å². The van der Waals surface area contributed by atoms with Crippen molar-refractivity contribution in [1.82, 2.24) is 9.78 Å². The number of anilines is 1. The summed E-state index contributed by atoms with van der Waals surface area (Å²) in [7, 11) is -0.400. The normalized spacial score (nSPS) is 21.9. The average Bonchev–Trinajstić information content (AvgIpc) is 3.28. The summed E-state index contributed by atoms with van der Waals surface area (Å²) < 4.78 is 58.3. The molecule has 1 heterocycles. The van der Waals surface area contributed by atoms with Crippen LogP contribution in [0.5, 0.6) is 0 Å². The number of aromatic nitrogens is 2. The van der Waals surface area contributed by atoms with Crippen LogP contribution >= 0.6 is 0 Å². The van der Waals surface area contributed by atoms with E-state index in [1.165, 1.54) is 36.1 Å². The summed E-state index contributed by atoms with van der Waals surface area (Å²) in [6.45, 7) is 0.0677. The van der Waals surface area contributed by atoms with Gasteiger partial charge in [0.05, 0.1) is 17.3 Å². The predicted octanol–water partition coefficient (Wildman–Crippen LogP) is 2.95. The molecule has 1 aromatic heterocycles. The SMILES string of the molecule is COCCS(=O)(=O)c1ccc(/C(=C\[C@H]2C[C@@H](F)[C@@H](F)C2)C(=O)Nc2ccn(C)n2)cc1. The van der Waals surface area contributed by atoms with Gasteiger partial charge >= 0.3 is 0 Å². The highest BCUT2D eigenvalue weighted by molar-refractivity contribution is 7.91. The van der Waals surface area contributed by atoms with Crippen LogP contribution in [0.1, 0.15) is 18.4 Å². The predicted molar refractivity (Wildman–Crippen MR) is 113 cm³/mol. The van der Waals surface area contributed by atoms with Crippen LogP contribution in [0.3, 0.4) is 0 Å². The molecule has 0 aliphatic heterocycles. The van der Waals surface area contributed by atoms with Crippen molar-refractivity contribution >= 4 is 27.1 Å². The maximum absolute atomic E-state index is 13.7. The fourth-order valence-corrected chi connectivity index (χ4v) is 4.64.